The molecule has 0 unspecified atom stereocenters. The summed E-state index contributed by atoms with van der Waals surface area (Å²) in [7, 11) is 0. The molecule has 0 atom stereocenters. The molecule has 0 saturated heterocycles. The van der Waals surface area contributed by atoms with Crippen LogP contribution in [0.5, 0.6) is 0 Å². The van der Waals surface area contributed by atoms with Gasteiger partial charge in [0.25, 0.3) is 11.1 Å². The number of aromatic amines is 1. The molecule has 0 spiro atoms. The second-order valence-corrected chi connectivity index (χ2v) is 6.64. The molecule has 0 saturated carbocycles. The zero-order chi connectivity index (χ0) is 19.4. The molecule has 6 heteroatoms. The maximum absolute atomic E-state index is 12.9. The molecule has 0 fully saturated rings. The minimum Gasteiger partial charge on any atom is -0.316 e. The zero-order valence-corrected chi connectivity index (χ0v) is 15.8. The number of H-pyrrole nitrogens is 1. The molecule has 3 rings (SSSR count). The first-order valence-electron chi connectivity index (χ1n) is 8.17. The highest BCUT2D eigenvalue weighted by Gasteiger charge is 2.05. The third kappa shape index (κ3) is 4.30. The number of nitrogens with zero attached hydrogens (tertiary/aromatic N) is 1. The topological polar surface area (TPSA) is 54.9 Å². The predicted octanol–water partition coefficient (Wildman–Crippen LogP) is 2.69. The van der Waals surface area contributed by atoms with Crippen molar-refractivity contribution in [3.63, 3.8) is 0 Å². The average Bonchev–Trinajstić information content (AvgIpc) is 2.66. The van der Waals surface area contributed by atoms with Crippen LogP contribution in [-0.2, 0) is 6.54 Å². The van der Waals surface area contributed by atoms with E-state index in [4.69, 9.17) is 23.2 Å². The monoisotopic (exact) mass is 398 g/mol. The summed E-state index contributed by atoms with van der Waals surface area (Å²) in [4.78, 5) is 28.2. The van der Waals surface area contributed by atoms with E-state index in [9.17, 15) is 9.59 Å². The maximum Gasteiger partial charge on any atom is 0.275 e. The second-order valence-electron chi connectivity index (χ2n) is 5.83. The molecule has 4 nitrogen and oxygen atoms in total. The van der Waals surface area contributed by atoms with E-state index in [1.165, 1.54) is 4.57 Å². The van der Waals surface area contributed by atoms with Crippen LogP contribution in [0.15, 0.2) is 70.8 Å². The van der Waals surface area contributed by atoms with Gasteiger partial charge in [0.05, 0.1) is 10.0 Å². The standard InChI is InChI=1S/C21H16Cl2N2O2/c1-2-10-25-19(13-14-6-4-3-5-7-14)20(26)24-18(21(25)27)12-15-8-9-16(22)17(23)11-15/h2-9,11-13H,1,10H2,(H,24,26)/b18-12+,19-13+. The van der Waals surface area contributed by atoms with E-state index in [1.807, 2.05) is 30.3 Å². The van der Waals surface area contributed by atoms with E-state index in [2.05, 4.69) is 11.6 Å². The Balaban J connectivity index is 2.28. The zero-order valence-electron chi connectivity index (χ0n) is 14.3. The smallest absolute Gasteiger partial charge is 0.275 e. The van der Waals surface area contributed by atoms with Gasteiger partial charge in [-0.15, -0.1) is 6.58 Å². The minimum atomic E-state index is -0.369. The van der Waals surface area contributed by atoms with Crippen molar-refractivity contribution in [2.24, 2.45) is 0 Å². The Morgan fingerprint density at radius 3 is 2.37 bits per heavy atom. The summed E-state index contributed by atoms with van der Waals surface area (Å²) in [5, 5.41) is 1.20. The van der Waals surface area contributed by atoms with E-state index < -0.39 is 0 Å². The van der Waals surface area contributed by atoms with Gasteiger partial charge in [-0.3, -0.25) is 14.2 Å². The van der Waals surface area contributed by atoms with Crippen molar-refractivity contribution in [2.75, 3.05) is 0 Å². The Hall–Kier alpha value is -2.82. The van der Waals surface area contributed by atoms with Crippen molar-refractivity contribution < 1.29 is 0 Å². The van der Waals surface area contributed by atoms with Gasteiger partial charge < -0.3 is 4.98 Å². The van der Waals surface area contributed by atoms with Crippen LogP contribution in [0.25, 0.3) is 12.2 Å². The van der Waals surface area contributed by atoms with Crippen molar-refractivity contribution in [2.45, 2.75) is 6.54 Å². The van der Waals surface area contributed by atoms with E-state index in [1.54, 1.807) is 36.4 Å². The summed E-state index contributed by atoms with van der Waals surface area (Å²) in [6.07, 6.45) is 4.82. The molecule has 0 amide bonds. The maximum atomic E-state index is 12.9. The molecule has 0 bridgehead atoms. The molecule has 0 radical (unpaired) electrons. The first-order valence-corrected chi connectivity index (χ1v) is 8.93. The number of hydrogen-bond acceptors (Lipinski definition) is 2. The summed E-state index contributed by atoms with van der Waals surface area (Å²) in [5.41, 5.74) is 0.776. The first kappa shape index (κ1) is 19.0. The van der Waals surface area contributed by atoms with E-state index in [0.29, 0.717) is 15.6 Å². The molecule has 1 heterocycles. The lowest BCUT2D eigenvalue weighted by atomic mass is 10.2. The molecule has 2 aromatic carbocycles. The SMILES string of the molecule is C=CCn1c(=O)/c(=C\c2ccc(Cl)c(Cl)c2)[nH]c(=O)/c1=C\c1ccccc1. The lowest BCUT2D eigenvalue weighted by Gasteiger charge is -2.04. The summed E-state index contributed by atoms with van der Waals surface area (Å²) >= 11 is 11.9. The van der Waals surface area contributed by atoms with Crippen LogP contribution in [0.2, 0.25) is 10.0 Å². The fraction of sp³-hybridized carbons (Fsp3) is 0.0476. The average molecular weight is 399 g/mol. The fourth-order valence-corrected chi connectivity index (χ4v) is 2.95. The molecular formula is C21H16Cl2N2O2. The number of rotatable bonds is 4. The molecule has 0 aliphatic rings. The fourth-order valence-electron chi connectivity index (χ4n) is 2.64. The van der Waals surface area contributed by atoms with Gasteiger partial charge in [-0.2, -0.15) is 0 Å². The Kier molecular flexibility index (Phi) is 5.79. The third-order valence-corrected chi connectivity index (χ3v) is 4.66. The van der Waals surface area contributed by atoms with Crippen LogP contribution in [0.1, 0.15) is 11.1 Å². The van der Waals surface area contributed by atoms with Gasteiger partial charge in [-0.1, -0.05) is 65.7 Å². The second kappa shape index (κ2) is 8.25. The Labute approximate surface area is 165 Å². The quantitative estimate of drug-likeness (QED) is 0.686. The van der Waals surface area contributed by atoms with Crippen LogP contribution in [0.3, 0.4) is 0 Å². The van der Waals surface area contributed by atoms with Crippen molar-refractivity contribution in [3.8, 4) is 0 Å². The van der Waals surface area contributed by atoms with Gasteiger partial charge in [0, 0.05) is 6.54 Å². The van der Waals surface area contributed by atoms with E-state index >= 15 is 0 Å². The van der Waals surface area contributed by atoms with E-state index in [0.717, 1.165) is 5.56 Å². The van der Waals surface area contributed by atoms with Crippen molar-refractivity contribution in [1.82, 2.24) is 9.55 Å². The number of nitrogens with one attached hydrogen (secondary N) is 1. The van der Waals surface area contributed by atoms with Crippen LogP contribution < -0.4 is 21.8 Å². The number of benzene rings is 2. The number of hydrogen-bond donors (Lipinski definition) is 1. The molecule has 1 aromatic heterocycles. The summed E-state index contributed by atoms with van der Waals surface area (Å²) < 4.78 is 1.39. The largest absolute Gasteiger partial charge is 0.316 e. The number of allylic oxidation sites excluding steroid dienone is 1. The first-order chi connectivity index (χ1) is 13.0. The van der Waals surface area contributed by atoms with Gasteiger partial charge in [0.1, 0.15) is 10.7 Å². The lowest BCUT2D eigenvalue weighted by molar-refractivity contribution is 0.717. The van der Waals surface area contributed by atoms with Crippen LogP contribution in [0, 0.1) is 0 Å². The molecule has 0 aliphatic heterocycles. The van der Waals surface area contributed by atoms with Gasteiger partial charge >= 0.3 is 0 Å². The number of aromatic nitrogens is 2. The van der Waals surface area contributed by atoms with Gasteiger partial charge in [-0.05, 0) is 35.4 Å². The lowest BCUT2D eigenvalue weighted by Crippen LogP contribution is -2.53. The van der Waals surface area contributed by atoms with Gasteiger partial charge in [-0.25, -0.2) is 0 Å². The Morgan fingerprint density at radius 2 is 1.70 bits per heavy atom. The Bertz CT molecular complexity index is 1230. The molecule has 27 heavy (non-hydrogen) atoms. The molecule has 1 N–H and O–H groups in total. The minimum absolute atomic E-state index is 0.158. The van der Waals surface area contributed by atoms with Gasteiger partial charge in [0.15, 0.2) is 0 Å². The highest BCUT2D eigenvalue weighted by Crippen LogP contribution is 2.22. The highest BCUT2D eigenvalue weighted by molar-refractivity contribution is 6.42. The number of halogens is 2. The van der Waals surface area contributed by atoms with Crippen LogP contribution >= 0.6 is 23.2 Å². The Morgan fingerprint density at radius 1 is 0.963 bits per heavy atom. The van der Waals surface area contributed by atoms with Crippen molar-refractivity contribution in [1.29, 1.82) is 0 Å². The van der Waals surface area contributed by atoms with Crippen molar-refractivity contribution in [3.05, 3.63) is 114 Å². The molecule has 3 aromatic rings. The van der Waals surface area contributed by atoms with Crippen molar-refractivity contribution >= 4 is 35.4 Å². The van der Waals surface area contributed by atoms with Crippen LogP contribution in [-0.4, -0.2) is 9.55 Å². The third-order valence-electron chi connectivity index (χ3n) is 3.92. The highest BCUT2D eigenvalue weighted by atomic mass is 35.5. The van der Waals surface area contributed by atoms with E-state index in [-0.39, 0.29) is 28.4 Å². The van der Waals surface area contributed by atoms with Gasteiger partial charge in [0.2, 0.25) is 0 Å². The summed E-state index contributed by atoms with van der Waals surface area (Å²) in [6, 6.07) is 14.3. The normalized spacial score (nSPS) is 12.4. The van der Waals surface area contributed by atoms with Crippen LogP contribution in [0.4, 0.5) is 0 Å². The summed E-state index contributed by atoms with van der Waals surface area (Å²) in [6.45, 7) is 3.89. The predicted molar refractivity (Wildman–Crippen MR) is 111 cm³/mol. The molecule has 136 valence electrons. The summed E-state index contributed by atoms with van der Waals surface area (Å²) in [5.74, 6) is 0. The molecule has 0 aliphatic carbocycles. The molecular weight excluding hydrogens is 383 g/mol.